The number of nitrogens with zero attached hydrogens (tertiary/aromatic N) is 5. The van der Waals surface area contributed by atoms with Crippen LogP contribution in [-0.2, 0) is 4.79 Å². The third-order valence-electron chi connectivity index (χ3n) is 5.05. The van der Waals surface area contributed by atoms with Crippen molar-refractivity contribution >= 4 is 11.6 Å². The monoisotopic (exact) mass is 340 g/mol. The van der Waals surface area contributed by atoms with Crippen molar-refractivity contribution in [3.8, 4) is 0 Å². The van der Waals surface area contributed by atoms with Crippen molar-refractivity contribution in [1.29, 1.82) is 0 Å². The summed E-state index contributed by atoms with van der Waals surface area (Å²) in [5.41, 5.74) is 2.15. The van der Waals surface area contributed by atoms with E-state index in [0.717, 1.165) is 42.9 Å². The highest BCUT2D eigenvalue weighted by Crippen LogP contribution is 2.35. The molecule has 1 aliphatic carbocycles. The molecular weight excluding hydrogens is 316 g/mol. The Kier molecular flexibility index (Phi) is 4.25. The first kappa shape index (κ1) is 16.2. The van der Waals surface area contributed by atoms with Gasteiger partial charge >= 0.3 is 0 Å². The normalized spacial score (nSPS) is 20.1. The minimum absolute atomic E-state index is 0.0580. The highest BCUT2D eigenvalue weighted by Gasteiger charge is 2.30. The van der Waals surface area contributed by atoms with Crippen LogP contribution in [0.1, 0.15) is 69.0 Å². The van der Waals surface area contributed by atoms with Crippen LogP contribution in [0, 0.1) is 0 Å². The topological polar surface area (TPSA) is 75.9 Å². The van der Waals surface area contributed by atoms with Gasteiger partial charge in [-0.25, -0.2) is 4.68 Å². The van der Waals surface area contributed by atoms with E-state index in [1.807, 2.05) is 21.7 Å². The van der Waals surface area contributed by atoms with Gasteiger partial charge in [-0.3, -0.25) is 4.79 Å². The first-order valence-corrected chi connectivity index (χ1v) is 9.07. The van der Waals surface area contributed by atoms with Crippen LogP contribution in [0.25, 0.3) is 0 Å². The summed E-state index contributed by atoms with van der Waals surface area (Å²) in [4.78, 5) is 13.9. The number of nitrogens with one attached hydrogen (secondary N) is 1. The molecule has 2 aromatic rings. The van der Waals surface area contributed by atoms with Gasteiger partial charge in [-0.2, -0.15) is 0 Å². The largest absolute Gasteiger partial charge is 0.312 e. The van der Waals surface area contributed by atoms with Gasteiger partial charge in [-0.05, 0) is 61.2 Å². The average Bonchev–Trinajstić information content (AvgIpc) is 3.17. The van der Waals surface area contributed by atoms with Crippen LogP contribution in [0.4, 0.5) is 5.69 Å². The van der Waals surface area contributed by atoms with Crippen molar-refractivity contribution in [3.05, 3.63) is 35.7 Å². The van der Waals surface area contributed by atoms with Crippen molar-refractivity contribution in [2.75, 3.05) is 11.4 Å². The molecule has 0 radical (unpaired) electrons. The van der Waals surface area contributed by atoms with E-state index in [4.69, 9.17) is 0 Å². The van der Waals surface area contributed by atoms with Crippen LogP contribution in [0.3, 0.4) is 0 Å². The lowest BCUT2D eigenvalue weighted by Crippen LogP contribution is -2.26. The SMILES string of the molecule is C[C@H](N[C@@H](C)c1nnnn1C1CC1)c1cccc(N2CCCC2=O)c1. The van der Waals surface area contributed by atoms with E-state index < -0.39 is 0 Å². The molecule has 132 valence electrons. The van der Waals surface area contributed by atoms with Crippen molar-refractivity contribution in [2.45, 2.75) is 57.7 Å². The Hall–Kier alpha value is -2.28. The number of hydrogen-bond donors (Lipinski definition) is 1. The van der Waals surface area contributed by atoms with Crippen LogP contribution in [0.5, 0.6) is 0 Å². The fourth-order valence-electron chi connectivity index (χ4n) is 3.49. The highest BCUT2D eigenvalue weighted by molar-refractivity contribution is 5.95. The van der Waals surface area contributed by atoms with Gasteiger partial charge < -0.3 is 10.2 Å². The average molecular weight is 340 g/mol. The Morgan fingerprint density at radius 2 is 2.08 bits per heavy atom. The summed E-state index contributed by atoms with van der Waals surface area (Å²) < 4.78 is 1.95. The molecule has 1 saturated heterocycles. The standard InChI is InChI=1S/C18H24N6O/c1-12(19-13(2)18-20-21-22-24(18)15-8-9-15)14-5-3-6-16(11-14)23-10-4-7-17(23)25/h3,5-6,11-13,15,19H,4,7-10H2,1-2H3/t12-,13-/m0/s1. The third-order valence-corrected chi connectivity index (χ3v) is 5.05. The van der Waals surface area contributed by atoms with Gasteiger partial charge in [0.05, 0.1) is 12.1 Å². The molecule has 0 unspecified atom stereocenters. The molecule has 1 aromatic heterocycles. The summed E-state index contributed by atoms with van der Waals surface area (Å²) in [5.74, 6) is 1.11. The van der Waals surface area contributed by atoms with E-state index >= 15 is 0 Å². The lowest BCUT2D eigenvalue weighted by Gasteiger charge is -2.22. The van der Waals surface area contributed by atoms with Crippen molar-refractivity contribution in [1.82, 2.24) is 25.5 Å². The molecule has 2 heterocycles. The predicted octanol–water partition coefficient (Wildman–Crippen LogP) is 2.55. The Morgan fingerprint density at radius 1 is 1.24 bits per heavy atom. The van der Waals surface area contributed by atoms with E-state index in [9.17, 15) is 4.79 Å². The first-order valence-electron chi connectivity index (χ1n) is 9.07. The van der Waals surface area contributed by atoms with E-state index in [2.05, 4.69) is 46.8 Å². The van der Waals surface area contributed by atoms with Crippen molar-refractivity contribution in [3.63, 3.8) is 0 Å². The number of rotatable bonds is 6. The van der Waals surface area contributed by atoms with Gasteiger partial charge in [-0.1, -0.05) is 12.1 Å². The van der Waals surface area contributed by atoms with Crippen LogP contribution in [0.2, 0.25) is 0 Å². The number of amides is 1. The second kappa shape index (κ2) is 6.55. The van der Waals surface area contributed by atoms with Crippen LogP contribution in [0.15, 0.2) is 24.3 Å². The Labute approximate surface area is 147 Å². The fraction of sp³-hybridized carbons (Fsp3) is 0.556. The molecule has 2 fully saturated rings. The van der Waals surface area contributed by atoms with E-state index in [1.165, 1.54) is 0 Å². The summed E-state index contributed by atoms with van der Waals surface area (Å²) in [6.07, 6.45) is 3.91. The second-order valence-electron chi connectivity index (χ2n) is 7.07. The van der Waals surface area contributed by atoms with E-state index in [-0.39, 0.29) is 18.0 Å². The zero-order valence-corrected chi connectivity index (χ0v) is 14.7. The predicted molar refractivity (Wildman–Crippen MR) is 94.1 cm³/mol. The molecule has 7 heteroatoms. The molecule has 1 amide bonds. The van der Waals surface area contributed by atoms with E-state index in [1.54, 1.807) is 0 Å². The Balaban J connectivity index is 1.48. The molecular formula is C18H24N6O. The molecule has 4 rings (SSSR count). The molecule has 0 spiro atoms. The molecule has 0 bridgehead atoms. The zero-order chi connectivity index (χ0) is 17.4. The number of tetrazole rings is 1. The molecule has 1 saturated carbocycles. The van der Waals surface area contributed by atoms with Crippen LogP contribution >= 0.6 is 0 Å². The van der Waals surface area contributed by atoms with Gasteiger partial charge in [0.1, 0.15) is 0 Å². The number of carbonyl (C=O) groups is 1. The summed E-state index contributed by atoms with van der Waals surface area (Å²) in [6, 6.07) is 8.90. The van der Waals surface area contributed by atoms with Gasteiger partial charge in [0.15, 0.2) is 5.82 Å². The minimum atomic E-state index is 0.0580. The first-order chi connectivity index (χ1) is 12.1. The van der Waals surface area contributed by atoms with Gasteiger partial charge in [0.25, 0.3) is 0 Å². The maximum atomic E-state index is 12.0. The quantitative estimate of drug-likeness (QED) is 0.874. The maximum absolute atomic E-state index is 12.0. The Morgan fingerprint density at radius 3 is 2.80 bits per heavy atom. The molecule has 25 heavy (non-hydrogen) atoms. The molecule has 7 nitrogen and oxygen atoms in total. The summed E-state index contributed by atoms with van der Waals surface area (Å²) in [6.45, 7) is 5.04. The van der Waals surface area contributed by atoms with Crippen LogP contribution < -0.4 is 10.2 Å². The van der Waals surface area contributed by atoms with Crippen molar-refractivity contribution in [2.24, 2.45) is 0 Å². The second-order valence-corrected chi connectivity index (χ2v) is 7.07. The molecule has 1 N–H and O–H groups in total. The lowest BCUT2D eigenvalue weighted by molar-refractivity contribution is -0.117. The number of anilines is 1. The molecule has 1 aliphatic heterocycles. The molecule has 2 aliphatic rings. The Bertz CT molecular complexity index is 768. The van der Waals surface area contributed by atoms with E-state index in [0.29, 0.717) is 12.5 Å². The number of carbonyl (C=O) groups excluding carboxylic acids is 1. The zero-order valence-electron chi connectivity index (χ0n) is 14.7. The molecule has 1 aromatic carbocycles. The fourth-order valence-corrected chi connectivity index (χ4v) is 3.49. The highest BCUT2D eigenvalue weighted by atomic mass is 16.2. The molecule has 2 atom stereocenters. The number of benzene rings is 1. The van der Waals surface area contributed by atoms with Gasteiger partial charge in [-0.15, -0.1) is 5.10 Å². The lowest BCUT2D eigenvalue weighted by atomic mass is 10.1. The summed E-state index contributed by atoms with van der Waals surface area (Å²) >= 11 is 0. The van der Waals surface area contributed by atoms with Gasteiger partial charge in [0.2, 0.25) is 5.91 Å². The maximum Gasteiger partial charge on any atom is 0.227 e. The number of aromatic nitrogens is 4. The summed E-state index contributed by atoms with van der Waals surface area (Å²) in [7, 11) is 0. The minimum Gasteiger partial charge on any atom is -0.312 e. The summed E-state index contributed by atoms with van der Waals surface area (Å²) in [5, 5.41) is 15.7. The third kappa shape index (κ3) is 3.28. The van der Waals surface area contributed by atoms with Crippen LogP contribution in [-0.4, -0.2) is 32.7 Å². The smallest absolute Gasteiger partial charge is 0.227 e. The number of hydrogen-bond acceptors (Lipinski definition) is 5. The van der Waals surface area contributed by atoms with Crippen molar-refractivity contribution < 1.29 is 4.79 Å². The van der Waals surface area contributed by atoms with Gasteiger partial charge in [0, 0.05) is 24.7 Å².